The number of ether oxygens (including phenoxy) is 1. The lowest BCUT2D eigenvalue weighted by Crippen LogP contribution is -2.21. The molecular formula is C16H22O3. The van der Waals surface area contributed by atoms with Crippen LogP contribution in [0.15, 0.2) is 30.3 Å². The fourth-order valence-electron chi connectivity index (χ4n) is 2.52. The summed E-state index contributed by atoms with van der Waals surface area (Å²) in [5.41, 5.74) is 0.855. The number of aliphatic hydroxyl groups is 1. The number of aliphatic hydroxyl groups excluding tert-OH is 1. The first-order valence-electron chi connectivity index (χ1n) is 7.18. The summed E-state index contributed by atoms with van der Waals surface area (Å²) in [7, 11) is 0. The van der Waals surface area contributed by atoms with Crippen LogP contribution in [0.2, 0.25) is 0 Å². The van der Waals surface area contributed by atoms with Crippen molar-refractivity contribution in [2.75, 3.05) is 0 Å². The van der Waals surface area contributed by atoms with E-state index in [1.807, 2.05) is 30.3 Å². The second-order valence-electron chi connectivity index (χ2n) is 5.22. The van der Waals surface area contributed by atoms with Crippen LogP contribution in [0, 0.1) is 0 Å². The molecule has 1 N–H and O–H groups in total. The van der Waals surface area contributed by atoms with Crippen LogP contribution in [-0.2, 0) is 9.53 Å². The summed E-state index contributed by atoms with van der Waals surface area (Å²) in [4.78, 5) is 11.7. The molecular weight excluding hydrogens is 240 g/mol. The topological polar surface area (TPSA) is 46.5 Å². The van der Waals surface area contributed by atoms with Crippen molar-refractivity contribution in [2.24, 2.45) is 0 Å². The van der Waals surface area contributed by atoms with Gasteiger partial charge in [0.05, 0.1) is 6.10 Å². The molecule has 1 unspecified atom stereocenters. The van der Waals surface area contributed by atoms with E-state index in [1.165, 1.54) is 6.42 Å². The molecule has 0 spiro atoms. The van der Waals surface area contributed by atoms with E-state index in [4.69, 9.17) is 4.74 Å². The minimum Gasteiger partial charge on any atom is -0.462 e. The van der Waals surface area contributed by atoms with Gasteiger partial charge in [0.15, 0.2) is 0 Å². The third-order valence-electron chi connectivity index (χ3n) is 3.66. The van der Waals surface area contributed by atoms with Gasteiger partial charge in [-0.05, 0) is 37.7 Å². The summed E-state index contributed by atoms with van der Waals surface area (Å²) in [5.74, 6) is -0.179. The monoisotopic (exact) mass is 262 g/mol. The number of rotatable bonds is 5. The lowest BCUT2D eigenvalue weighted by molar-refractivity contribution is -0.151. The molecule has 1 aliphatic carbocycles. The van der Waals surface area contributed by atoms with Crippen LogP contribution >= 0.6 is 0 Å². The van der Waals surface area contributed by atoms with Crippen molar-refractivity contribution in [2.45, 2.75) is 57.2 Å². The van der Waals surface area contributed by atoms with Gasteiger partial charge in [-0.3, -0.25) is 4.79 Å². The van der Waals surface area contributed by atoms with Crippen LogP contribution in [0.3, 0.4) is 0 Å². The number of hydrogen-bond donors (Lipinski definition) is 1. The van der Waals surface area contributed by atoms with E-state index in [-0.39, 0.29) is 18.5 Å². The van der Waals surface area contributed by atoms with E-state index in [9.17, 15) is 9.90 Å². The molecule has 1 atom stereocenters. The maximum absolute atomic E-state index is 11.7. The normalized spacial score (nSPS) is 17.9. The SMILES string of the molecule is O=C(CCC(O)c1ccccc1)OC1CCCCC1. The highest BCUT2D eigenvalue weighted by molar-refractivity contribution is 5.69. The van der Waals surface area contributed by atoms with Crippen molar-refractivity contribution < 1.29 is 14.6 Å². The Labute approximate surface area is 114 Å². The quantitative estimate of drug-likeness (QED) is 0.827. The molecule has 0 radical (unpaired) electrons. The third-order valence-corrected chi connectivity index (χ3v) is 3.66. The number of hydrogen-bond acceptors (Lipinski definition) is 3. The number of carbonyl (C=O) groups is 1. The predicted octanol–water partition coefficient (Wildman–Crippen LogP) is 3.38. The van der Waals surface area contributed by atoms with Crippen LogP contribution in [0.5, 0.6) is 0 Å². The van der Waals surface area contributed by atoms with Gasteiger partial charge in [0.1, 0.15) is 6.10 Å². The molecule has 1 fully saturated rings. The molecule has 1 saturated carbocycles. The highest BCUT2D eigenvalue weighted by Gasteiger charge is 2.18. The van der Waals surface area contributed by atoms with E-state index >= 15 is 0 Å². The minimum atomic E-state index is -0.583. The van der Waals surface area contributed by atoms with Crippen LogP contribution in [0.25, 0.3) is 0 Å². The molecule has 19 heavy (non-hydrogen) atoms. The van der Waals surface area contributed by atoms with Gasteiger partial charge in [-0.25, -0.2) is 0 Å². The van der Waals surface area contributed by atoms with Gasteiger partial charge >= 0.3 is 5.97 Å². The Hall–Kier alpha value is -1.35. The molecule has 104 valence electrons. The van der Waals surface area contributed by atoms with Gasteiger partial charge < -0.3 is 9.84 Å². The molecule has 1 aliphatic rings. The summed E-state index contributed by atoms with van der Waals surface area (Å²) >= 11 is 0. The van der Waals surface area contributed by atoms with Gasteiger partial charge in [0, 0.05) is 6.42 Å². The summed E-state index contributed by atoms with van der Waals surface area (Å²) in [6.07, 6.45) is 5.79. The van der Waals surface area contributed by atoms with Crippen LogP contribution in [-0.4, -0.2) is 17.2 Å². The number of esters is 1. The summed E-state index contributed by atoms with van der Waals surface area (Å²) in [6, 6.07) is 9.43. The molecule has 0 aromatic heterocycles. The molecule has 0 bridgehead atoms. The van der Waals surface area contributed by atoms with Crippen LogP contribution in [0.1, 0.15) is 56.6 Å². The van der Waals surface area contributed by atoms with Gasteiger partial charge in [-0.1, -0.05) is 36.8 Å². The van der Waals surface area contributed by atoms with Crippen molar-refractivity contribution in [1.29, 1.82) is 0 Å². The highest BCUT2D eigenvalue weighted by atomic mass is 16.5. The first-order chi connectivity index (χ1) is 9.25. The van der Waals surface area contributed by atoms with E-state index in [0.29, 0.717) is 6.42 Å². The molecule has 2 rings (SSSR count). The number of benzene rings is 1. The van der Waals surface area contributed by atoms with Crippen LogP contribution < -0.4 is 0 Å². The summed E-state index contributed by atoms with van der Waals surface area (Å²) in [5, 5.41) is 9.97. The predicted molar refractivity (Wildman–Crippen MR) is 73.6 cm³/mol. The molecule has 1 aromatic rings. The molecule has 0 heterocycles. The smallest absolute Gasteiger partial charge is 0.306 e. The molecule has 0 aliphatic heterocycles. The summed E-state index contributed by atoms with van der Waals surface area (Å²) < 4.78 is 5.43. The van der Waals surface area contributed by atoms with Crippen molar-refractivity contribution in [3.05, 3.63) is 35.9 Å². The van der Waals surface area contributed by atoms with Crippen molar-refractivity contribution in [3.8, 4) is 0 Å². The van der Waals surface area contributed by atoms with E-state index in [0.717, 1.165) is 31.2 Å². The van der Waals surface area contributed by atoms with Crippen molar-refractivity contribution in [3.63, 3.8) is 0 Å². The molecule has 0 amide bonds. The maximum atomic E-state index is 11.7. The average molecular weight is 262 g/mol. The second-order valence-corrected chi connectivity index (χ2v) is 5.22. The zero-order chi connectivity index (χ0) is 13.5. The highest BCUT2D eigenvalue weighted by Crippen LogP contribution is 2.22. The van der Waals surface area contributed by atoms with E-state index in [2.05, 4.69) is 0 Å². The standard InChI is InChI=1S/C16H22O3/c17-15(13-7-3-1-4-8-13)11-12-16(18)19-14-9-5-2-6-10-14/h1,3-4,7-8,14-15,17H,2,5-6,9-12H2. The Bertz CT molecular complexity index is 382. The van der Waals surface area contributed by atoms with Gasteiger partial charge in [-0.2, -0.15) is 0 Å². The lowest BCUT2D eigenvalue weighted by atomic mass is 9.98. The average Bonchev–Trinajstić information content (AvgIpc) is 2.47. The zero-order valence-corrected chi connectivity index (χ0v) is 11.3. The third kappa shape index (κ3) is 4.67. The number of carbonyl (C=O) groups excluding carboxylic acids is 1. The van der Waals surface area contributed by atoms with Gasteiger partial charge in [0.2, 0.25) is 0 Å². The Morgan fingerprint density at radius 3 is 2.58 bits per heavy atom. The minimum absolute atomic E-state index is 0.107. The fourth-order valence-corrected chi connectivity index (χ4v) is 2.52. The van der Waals surface area contributed by atoms with Crippen molar-refractivity contribution >= 4 is 5.97 Å². The Morgan fingerprint density at radius 2 is 1.89 bits per heavy atom. The van der Waals surface area contributed by atoms with E-state index < -0.39 is 6.10 Å². The largest absolute Gasteiger partial charge is 0.462 e. The molecule has 1 aromatic carbocycles. The Morgan fingerprint density at radius 1 is 1.21 bits per heavy atom. The van der Waals surface area contributed by atoms with Gasteiger partial charge in [-0.15, -0.1) is 0 Å². The van der Waals surface area contributed by atoms with Crippen LogP contribution in [0.4, 0.5) is 0 Å². The van der Waals surface area contributed by atoms with E-state index in [1.54, 1.807) is 0 Å². The molecule has 3 heteroatoms. The first kappa shape index (κ1) is 14.1. The lowest BCUT2D eigenvalue weighted by Gasteiger charge is -2.22. The Balaban J connectivity index is 1.71. The Kier molecular flexibility index (Phi) is 5.40. The zero-order valence-electron chi connectivity index (χ0n) is 11.3. The van der Waals surface area contributed by atoms with Gasteiger partial charge in [0.25, 0.3) is 0 Å². The fraction of sp³-hybridized carbons (Fsp3) is 0.562. The maximum Gasteiger partial charge on any atom is 0.306 e. The second kappa shape index (κ2) is 7.29. The molecule has 0 saturated heterocycles. The van der Waals surface area contributed by atoms with Crippen molar-refractivity contribution in [1.82, 2.24) is 0 Å². The first-order valence-corrected chi connectivity index (χ1v) is 7.18. The molecule has 3 nitrogen and oxygen atoms in total. The summed E-state index contributed by atoms with van der Waals surface area (Å²) in [6.45, 7) is 0.